The van der Waals surface area contributed by atoms with Crippen LogP contribution in [0.25, 0.3) is 5.69 Å². The van der Waals surface area contributed by atoms with E-state index in [2.05, 4.69) is 10.4 Å². The molecule has 1 aromatic heterocycles. The highest BCUT2D eigenvalue weighted by molar-refractivity contribution is 6.30. The number of amides is 1. The number of halogens is 1. The van der Waals surface area contributed by atoms with Crippen molar-refractivity contribution >= 4 is 17.5 Å². The molecule has 0 aliphatic carbocycles. The van der Waals surface area contributed by atoms with Crippen molar-refractivity contribution in [3.63, 3.8) is 0 Å². The highest BCUT2D eigenvalue weighted by Crippen LogP contribution is 2.20. The Labute approximate surface area is 157 Å². The number of nitrogens with one attached hydrogen (secondary N) is 1. The van der Waals surface area contributed by atoms with E-state index in [4.69, 9.17) is 16.3 Å². The van der Waals surface area contributed by atoms with Crippen molar-refractivity contribution in [2.24, 2.45) is 0 Å². The summed E-state index contributed by atoms with van der Waals surface area (Å²) in [7, 11) is 0. The summed E-state index contributed by atoms with van der Waals surface area (Å²) in [6.45, 7) is 3.86. The van der Waals surface area contributed by atoms with Crippen molar-refractivity contribution in [2.45, 2.75) is 19.9 Å². The molecule has 5 nitrogen and oxygen atoms in total. The van der Waals surface area contributed by atoms with Gasteiger partial charge >= 0.3 is 0 Å². The highest BCUT2D eigenvalue weighted by atomic mass is 35.5. The number of hydrogen-bond acceptors (Lipinski definition) is 3. The largest absolute Gasteiger partial charge is 0.484 e. The van der Waals surface area contributed by atoms with Gasteiger partial charge in [-0.1, -0.05) is 29.8 Å². The summed E-state index contributed by atoms with van der Waals surface area (Å²) in [5.41, 5.74) is 2.94. The molecule has 3 aromatic rings. The van der Waals surface area contributed by atoms with Crippen LogP contribution in [-0.2, 0) is 4.79 Å². The van der Waals surface area contributed by atoms with Gasteiger partial charge in [0.1, 0.15) is 5.75 Å². The minimum absolute atomic E-state index is 0.0577. The maximum absolute atomic E-state index is 12.2. The summed E-state index contributed by atoms with van der Waals surface area (Å²) in [5.74, 6) is 0.407. The number of aromatic nitrogens is 2. The van der Waals surface area contributed by atoms with Crippen LogP contribution in [0.3, 0.4) is 0 Å². The summed E-state index contributed by atoms with van der Waals surface area (Å²) in [6.07, 6.45) is 1.79. The molecule has 134 valence electrons. The van der Waals surface area contributed by atoms with E-state index in [1.807, 2.05) is 48.9 Å². The zero-order valence-electron chi connectivity index (χ0n) is 14.6. The fourth-order valence-electron chi connectivity index (χ4n) is 2.72. The van der Waals surface area contributed by atoms with E-state index in [0.29, 0.717) is 10.8 Å². The minimum Gasteiger partial charge on any atom is -0.484 e. The molecule has 1 atom stereocenters. The molecule has 26 heavy (non-hydrogen) atoms. The fraction of sp³-hybridized carbons (Fsp3) is 0.200. The quantitative estimate of drug-likeness (QED) is 0.712. The number of rotatable bonds is 6. The molecular weight excluding hydrogens is 350 g/mol. The maximum Gasteiger partial charge on any atom is 0.258 e. The van der Waals surface area contributed by atoms with Crippen molar-refractivity contribution < 1.29 is 9.53 Å². The second-order valence-corrected chi connectivity index (χ2v) is 6.40. The lowest BCUT2D eigenvalue weighted by Gasteiger charge is -2.14. The zero-order chi connectivity index (χ0) is 18.5. The molecule has 2 aromatic carbocycles. The molecule has 0 bridgehead atoms. The Morgan fingerprint density at radius 2 is 1.88 bits per heavy atom. The van der Waals surface area contributed by atoms with Gasteiger partial charge in [0, 0.05) is 16.3 Å². The van der Waals surface area contributed by atoms with E-state index in [1.54, 1.807) is 30.5 Å². The summed E-state index contributed by atoms with van der Waals surface area (Å²) >= 11 is 5.83. The Morgan fingerprint density at radius 3 is 2.58 bits per heavy atom. The van der Waals surface area contributed by atoms with Crippen molar-refractivity contribution in [1.82, 2.24) is 15.1 Å². The van der Waals surface area contributed by atoms with Gasteiger partial charge < -0.3 is 10.1 Å². The van der Waals surface area contributed by atoms with Gasteiger partial charge in [0.25, 0.3) is 5.91 Å². The van der Waals surface area contributed by atoms with Gasteiger partial charge in [-0.05, 0) is 50.2 Å². The van der Waals surface area contributed by atoms with Crippen LogP contribution < -0.4 is 10.1 Å². The first-order chi connectivity index (χ1) is 12.5. The standard InChI is InChI=1S/C20H20ClN3O2/c1-14(23-20(25)13-26-18-10-8-16(21)9-11-18)19-12-22-24(15(19)2)17-6-4-3-5-7-17/h3-12,14H,13H2,1-2H3,(H,23,25). The van der Waals surface area contributed by atoms with Crippen LogP contribution in [0.15, 0.2) is 60.8 Å². The zero-order valence-corrected chi connectivity index (χ0v) is 15.4. The molecule has 1 heterocycles. The van der Waals surface area contributed by atoms with Crippen molar-refractivity contribution in [2.75, 3.05) is 6.61 Å². The fourth-order valence-corrected chi connectivity index (χ4v) is 2.84. The monoisotopic (exact) mass is 369 g/mol. The topological polar surface area (TPSA) is 56.1 Å². The van der Waals surface area contributed by atoms with Crippen LogP contribution in [0.4, 0.5) is 0 Å². The van der Waals surface area contributed by atoms with Crippen LogP contribution in [-0.4, -0.2) is 22.3 Å². The predicted octanol–water partition coefficient (Wildman–Crippen LogP) is 4.09. The third kappa shape index (κ3) is 4.24. The third-order valence-electron chi connectivity index (χ3n) is 4.08. The number of para-hydroxylation sites is 1. The molecule has 1 amide bonds. The molecule has 0 spiro atoms. The summed E-state index contributed by atoms with van der Waals surface area (Å²) in [5, 5.41) is 8.00. The number of benzene rings is 2. The Morgan fingerprint density at radius 1 is 1.19 bits per heavy atom. The summed E-state index contributed by atoms with van der Waals surface area (Å²) in [4.78, 5) is 12.2. The van der Waals surface area contributed by atoms with Gasteiger partial charge in [0.15, 0.2) is 6.61 Å². The molecular formula is C20H20ClN3O2. The second-order valence-electron chi connectivity index (χ2n) is 5.96. The SMILES string of the molecule is Cc1c(C(C)NC(=O)COc2ccc(Cl)cc2)cnn1-c1ccccc1. The van der Waals surface area contributed by atoms with Crippen LogP contribution in [0.1, 0.15) is 24.2 Å². The number of carbonyl (C=O) groups is 1. The Bertz CT molecular complexity index is 876. The van der Waals surface area contributed by atoms with E-state index < -0.39 is 0 Å². The Kier molecular flexibility index (Phi) is 5.58. The molecule has 0 radical (unpaired) electrons. The molecule has 6 heteroatoms. The van der Waals surface area contributed by atoms with E-state index in [9.17, 15) is 4.79 Å². The molecule has 0 fully saturated rings. The van der Waals surface area contributed by atoms with E-state index >= 15 is 0 Å². The van der Waals surface area contributed by atoms with Gasteiger partial charge in [-0.25, -0.2) is 4.68 Å². The Hall–Kier alpha value is -2.79. The molecule has 1 N–H and O–H groups in total. The first kappa shape index (κ1) is 18.0. The smallest absolute Gasteiger partial charge is 0.258 e. The number of carbonyl (C=O) groups excluding carboxylic acids is 1. The molecule has 0 saturated carbocycles. The van der Waals surface area contributed by atoms with Gasteiger partial charge in [-0.3, -0.25) is 4.79 Å². The second kappa shape index (κ2) is 8.06. The minimum atomic E-state index is -0.195. The van der Waals surface area contributed by atoms with Crippen molar-refractivity contribution in [3.05, 3.63) is 77.1 Å². The summed E-state index contributed by atoms with van der Waals surface area (Å²) < 4.78 is 7.34. The van der Waals surface area contributed by atoms with E-state index in [1.165, 1.54) is 0 Å². The highest BCUT2D eigenvalue weighted by Gasteiger charge is 2.16. The first-order valence-corrected chi connectivity index (χ1v) is 8.70. The molecule has 0 aliphatic heterocycles. The molecule has 0 aliphatic rings. The predicted molar refractivity (Wildman–Crippen MR) is 102 cm³/mol. The Balaban J connectivity index is 1.61. The lowest BCUT2D eigenvalue weighted by molar-refractivity contribution is -0.123. The van der Waals surface area contributed by atoms with Crippen LogP contribution in [0.2, 0.25) is 5.02 Å². The summed E-state index contributed by atoms with van der Waals surface area (Å²) in [6, 6.07) is 16.6. The van der Waals surface area contributed by atoms with Crippen LogP contribution >= 0.6 is 11.6 Å². The average Bonchev–Trinajstić information content (AvgIpc) is 3.03. The first-order valence-electron chi connectivity index (χ1n) is 8.32. The van der Waals surface area contributed by atoms with Crippen molar-refractivity contribution in [1.29, 1.82) is 0 Å². The number of hydrogen-bond donors (Lipinski definition) is 1. The van der Waals surface area contributed by atoms with E-state index in [0.717, 1.165) is 16.9 Å². The number of ether oxygens (including phenoxy) is 1. The van der Waals surface area contributed by atoms with Crippen LogP contribution in [0, 0.1) is 6.92 Å². The third-order valence-corrected chi connectivity index (χ3v) is 4.33. The maximum atomic E-state index is 12.2. The number of nitrogens with zero attached hydrogens (tertiary/aromatic N) is 2. The van der Waals surface area contributed by atoms with Crippen LogP contribution in [0.5, 0.6) is 5.75 Å². The van der Waals surface area contributed by atoms with Crippen molar-refractivity contribution in [3.8, 4) is 11.4 Å². The molecule has 1 unspecified atom stereocenters. The van der Waals surface area contributed by atoms with Gasteiger partial charge in [-0.2, -0.15) is 5.10 Å². The van der Waals surface area contributed by atoms with E-state index in [-0.39, 0.29) is 18.6 Å². The molecule has 0 saturated heterocycles. The lowest BCUT2D eigenvalue weighted by Crippen LogP contribution is -2.31. The normalized spacial score (nSPS) is 11.8. The molecule has 3 rings (SSSR count). The van der Waals surface area contributed by atoms with Gasteiger partial charge in [0.2, 0.25) is 0 Å². The van der Waals surface area contributed by atoms with Gasteiger partial charge in [0.05, 0.1) is 17.9 Å². The average molecular weight is 370 g/mol. The lowest BCUT2D eigenvalue weighted by atomic mass is 10.1. The van der Waals surface area contributed by atoms with Gasteiger partial charge in [-0.15, -0.1) is 0 Å².